The number of nitrogens with two attached hydrogens (primary N) is 1. The summed E-state index contributed by atoms with van der Waals surface area (Å²) in [7, 11) is 0. The molecule has 2 aromatic rings. The van der Waals surface area contributed by atoms with Crippen molar-refractivity contribution >= 4 is 11.1 Å². The lowest BCUT2D eigenvalue weighted by molar-refractivity contribution is 0.450. The molecule has 1 aromatic heterocycles. The van der Waals surface area contributed by atoms with Crippen LogP contribution in [-0.2, 0) is 5.54 Å². The Balaban J connectivity index is 2.30. The average Bonchev–Trinajstić information content (AvgIpc) is 2.75. The molecule has 0 radical (unpaired) electrons. The topological polar surface area (TPSA) is 72.3 Å². The highest BCUT2D eigenvalue weighted by molar-refractivity contribution is 5.81. The van der Waals surface area contributed by atoms with Gasteiger partial charge in [-0.1, -0.05) is 6.07 Å². The van der Waals surface area contributed by atoms with Crippen LogP contribution < -0.4 is 5.73 Å². The van der Waals surface area contributed by atoms with E-state index in [2.05, 4.69) is 4.98 Å². The molecule has 4 heteroatoms. The summed E-state index contributed by atoms with van der Waals surface area (Å²) in [4.78, 5) is 3.96. The average molecular weight is 190 g/mol. The van der Waals surface area contributed by atoms with Crippen LogP contribution in [0.15, 0.2) is 22.9 Å². The second kappa shape index (κ2) is 2.27. The molecule has 1 heterocycles. The fourth-order valence-electron chi connectivity index (χ4n) is 1.72. The molecule has 1 saturated carbocycles. The van der Waals surface area contributed by atoms with Crippen LogP contribution in [0.1, 0.15) is 18.4 Å². The standard InChI is InChI=1S/C10H10N2O2/c11-10(3-4-10)6-1-2-7-9(8(6)13)14-5-12-7/h1-2,5,13H,3-4,11H2. The minimum atomic E-state index is -0.342. The van der Waals surface area contributed by atoms with E-state index in [4.69, 9.17) is 10.2 Å². The zero-order chi connectivity index (χ0) is 9.76. The van der Waals surface area contributed by atoms with E-state index < -0.39 is 0 Å². The van der Waals surface area contributed by atoms with Gasteiger partial charge in [0.15, 0.2) is 17.7 Å². The Morgan fingerprint density at radius 3 is 2.93 bits per heavy atom. The molecule has 0 spiro atoms. The Labute approximate surface area is 80.4 Å². The number of nitrogens with zero attached hydrogens (tertiary/aromatic N) is 1. The zero-order valence-corrected chi connectivity index (χ0v) is 7.53. The summed E-state index contributed by atoms with van der Waals surface area (Å²) in [5, 5.41) is 9.90. The Morgan fingerprint density at radius 2 is 2.21 bits per heavy atom. The Kier molecular flexibility index (Phi) is 1.27. The fourth-order valence-corrected chi connectivity index (χ4v) is 1.72. The molecule has 1 aliphatic carbocycles. The van der Waals surface area contributed by atoms with Crippen molar-refractivity contribution in [1.29, 1.82) is 0 Å². The van der Waals surface area contributed by atoms with Crippen molar-refractivity contribution in [2.75, 3.05) is 0 Å². The Hall–Kier alpha value is -1.55. The predicted molar refractivity (Wildman–Crippen MR) is 50.8 cm³/mol. The first kappa shape index (κ1) is 7.82. The Morgan fingerprint density at radius 1 is 1.43 bits per heavy atom. The van der Waals surface area contributed by atoms with Gasteiger partial charge in [-0.15, -0.1) is 0 Å². The SMILES string of the molecule is NC1(c2ccc3ncoc3c2O)CC1. The van der Waals surface area contributed by atoms with Gasteiger partial charge in [0, 0.05) is 11.1 Å². The quantitative estimate of drug-likeness (QED) is 0.714. The number of benzene rings is 1. The van der Waals surface area contributed by atoms with Crippen LogP contribution in [0.4, 0.5) is 0 Å². The van der Waals surface area contributed by atoms with Gasteiger partial charge in [-0.2, -0.15) is 0 Å². The number of fused-ring (bicyclic) bond motifs is 1. The number of oxazole rings is 1. The van der Waals surface area contributed by atoms with E-state index >= 15 is 0 Å². The van der Waals surface area contributed by atoms with Crippen LogP contribution in [0.2, 0.25) is 0 Å². The van der Waals surface area contributed by atoms with Gasteiger partial charge >= 0.3 is 0 Å². The summed E-state index contributed by atoms with van der Waals surface area (Å²) in [5.41, 5.74) is 7.52. The first-order valence-electron chi connectivity index (χ1n) is 4.55. The summed E-state index contributed by atoms with van der Waals surface area (Å²) in [5.74, 6) is 0.139. The van der Waals surface area contributed by atoms with E-state index in [0.29, 0.717) is 11.1 Å². The molecule has 0 saturated heterocycles. The van der Waals surface area contributed by atoms with Crippen LogP contribution in [0.5, 0.6) is 5.75 Å². The first-order valence-corrected chi connectivity index (χ1v) is 4.55. The molecule has 0 bridgehead atoms. The van der Waals surface area contributed by atoms with Gasteiger partial charge in [-0.25, -0.2) is 4.98 Å². The predicted octanol–water partition coefficient (Wildman–Crippen LogP) is 1.48. The molecular weight excluding hydrogens is 180 g/mol. The molecule has 0 unspecified atom stereocenters. The van der Waals surface area contributed by atoms with E-state index in [1.165, 1.54) is 6.39 Å². The normalized spacial score (nSPS) is 18.6. The van der Waals surface area contributed by atoms with E-state index in [0.717, 1.165) is 18.4 Å². The van der Waals surface area contributed by atoms with Crippen LogP contribution in [0.25, 0.3) is 11.1 Å². The highest BCUT2D eigenvalue weighted by atomic mass is 16.4. The maximum atomic E-state index is 9.90. The number of rotatable bonds is 1. The summed E-state index contributed by atoms with van der Waals surface area (Å²) >= 11 is 0. The van der Waals surface area contributed by atoms with Crippen LogP contribution in [-0.4, -0.2) is 10.1 Å². The number of aromatic hydroxyl groups is 1. The third-order valence-corrected chi connectivity index (χ3v) is 2.80. The zero-order valence-electron chi connectivity index (χ0n) is 7.53. The summed E-state index contributed by atoms with van der Waals surface area (Å²) in [6.45, 7) is 0. The lowest BCUT2D eigenvalue weighted by atomic mass is 10.0. The van der Waals surface area contributed by atoms with Crippen LogP contribution >= 0.6 is 0 Å². The molecule has 0 amide bonds. The molecule has 1 aromatic carbocycles. The number of hydrogen-bond donors (Lipinski definition) is 2. The summed E-state index contributed by atoms with van der Waals surface area (Å²) in [6, 6.07) is 3.65. The lowest BCUT2D eigenvalue weighted by Crippen LogP contribution is -2.18. The molecule has 3 rings (SSSR count). The lowest BCUT2D eigenvalue weighted by Gasteiger charge is -2.10. The highest BCUT2D eigenvalue weighted by Gasteiger charge is 2.42. The largest absolute Gasteiger partial charge is 0.504 e. The minimum absolute atomic E-state index is 0.139. The molecule has 14 heavy (non-hydrogen) atoms. The highest BCUT2D eigenvalue weighted by Crippen LogP contribution is 2.47. The number of aromatic nitrogens is 1. The smallest absolute Gasteiger partial charge is 0.196 e. The van der Waals surface area contributed by atoms with Gasteiger partial charge in [0.2, 0.25) is 0 Å². The van der Waals surface area contributed by atoms with Crippen molar-refractivity contribution < 1.29 is 9.52 Å². The van der Waals surface area contributed by atoms with Crippen molar-refractivity contribution in [3.63, 3.8) is 0 Å². The van der Waals surface area contributed by atoms with Crippen molar-refractivity contribution in [3.05, 3.63) is 24.1 Å². The van der Waals surface area contributed by atoms with Gasteiger partial charge < -0.3 is 15.3 Å². The van der Waals surface area contributed by atoms with E-state index in [1.54, 1.807) is 0 Å². The molecule has 1 aliphatic rings. The second-order valence-electron chi connectivity index (χ2n) is 3.82. The monoisotopic (exact) mass is 190 g/mol. The van der Waals surface area contributed by atoms with Crippen LogP contribution in [0.3, 0.4) is 0 Å². The second-order valence-corrected chi connectivity index (χ2v) is 3.82. The Bertz CT molecular complexity index is 500. The number of hydrogen-bond acceptors (Lipinski definition) is 4. The third-order valence-electron chi connectivity index (χ3n) is 2.80. The maximum Gasteiger partial charge on any atom is 0.196 e. The first-order chi connectivity index (χ1) is 6.71. The fraction of sp³-hybridized carbons (Fsp3) is 0.300. The van der Waals surface area contributed by atoms with E-state index in [-0.39, 0.29) is 11.3 Å². The molecule has 72 valence electrons. The summed E-state index contributed by atoms with van der Waals surface area (Å²) in [6.07, 6.45) is 3.16. The van der Waals surface area contributed by atoms with Gasteiger partial charge in [0.05, 0.1) is 0 Å². The van der Waals surface area contributed by atoms with Crippen molar-refractivity contribution in [2.45, 2.75) is 18.4 Å². The van der Waals surface area contributed by atoms with Gasteiger partial charge in [-0.3, -0.25) is 0 Å². The molecule has 3 N–H and O–H groups in total. The maximum absolute atomic E-state index is 9.90. The van der Waals surface area contributed by atoms with E-state index in [9.17, 15) is 5.11 Å². The molecule has 4 nitrogen and oxygen atoms in total. The molecule has 1 fully saturated rings. The van der Waals surface area contributed by atoms with Gasteiger partial charge in [-0.05, 0) is 18.9 Å². The minimum Gasteiger partial charge on any atom is -0.504 e. The number of phenolic OH excluding ortho intramolecular Hbond substituents is 1. The van der Waals surface area contributed by atoms with Gasteiger partial charge in [0.25, 0.3) is 0 Å². The third kappa shape index (κ3) is 0.886. The molecule has 0 aliphatic heterocycles. The number of phenols is 1. The van der Waals surface area contributed by atoms with Crippen LogP contribution in [0, 0.1) is 0 Å². The summed E-state index contributed by atoms with van der Waals surface area (Å²) < 4.78 is 5.10. The molecular formula is C10H10N2O2. The van der Waals surface area contributed by atoms with Crippen molar-refractivity contribution in [2.24, 2.45) is 5.73 Å². The molecule has 0 atom stereocenters. The van der Waals surface area contributed by atoms with Crippen molar-refractivity contribution in [3.8, 4) is 5.75 Å². The van der Waals surface area contributed by atoms with Crippen molar-refractivity contribution in [1.82, 2.24) is 4.98 Å². The van der Waals surface area contributed by atoms with E-state index in [1.807, 2.05) is 12.1 Å². The van der Waals surface area contributed by atoms with Gasteiger partial charge in [0.1, 0.15) is 5.52 Å².